The van der Waals surface area contributed by atoms with Crippen LogP contribution in [-0.4, -0.2) is 17.4 Å². The molecule has 1 heterocycles. The Morgan fingerprint density at radius 3 is 2.42 bits per heavy atom. The van der Waals surface area contributed by atoms with Crippen LogP contribution in [0.15, 0.2) is 53.0 Å². The SMILES string of the molecule is O=C1COC(c2ccccc2Br)N1Cc1ccc(C(F)(F)F)cc1. The molecule has 0 aromatic heterocycles. The lowest BCUT2D eigenvalue weighted by Crippen LogP contribution is -2.28. The molecule has 0 saturated carbocycles. The normalized spacial score (nSPS) is 18.2. The number of carbonyl (C=O) groups excluding carboxylic acids is 1. The Labute approximate surface area is 145 Å². The zero-order valence-corrected chi connectivity index (χ0v) is 14.0. The Morgan fingerprint density at radius 1 is 1.12 bits per heavy atom. The summed E-state index contributed by atoms with van der Waals surface area (Å²) in [7, 11) is 0. The van der Waals surface area contributed by atoms with Crippen LogP contribution < -0.4 is 0 Å². The molecule has 0 N–H and O–H groups in total. The fraction of sp³-hybridized carbons (Fsp3) is 0.235. The van der Waals surface area contributed by atoms with Crippen LogP contribution in [-0.2, 0) is 22.3 Å². The fourth-order valence-corrected chi connectivity index (χ4v) is 3.03. The molecule has 0 spiro atoms. The highest BCUT2D eigenvalue weighted by Crippen LogP contribution is 2.34. The minimum atomic E-state index is -4.37. The molecule has 3 rings (SSSR count). The van der Waals surface area contributed by atoms with E-state index in [2.05, 4.69) is 15.9 Å². The molecule has 1 aliphatic rings. The van der Waals surface area contributed by atoms with Gasteiger partial charge in [0, 0.05) is 16.6 Å². The maximum absolute atomic E-state index is 12.6. The van der Waals surface area contributed by atoms with Crippen LogP contribution in [0.4, 0.5) is 13.2 Å². The molecule has 1 atom stereocenters. The Kier molecular flexibility index (Phi) is 4.64. The van der Waals surface area contributed by atoms with Gasteiger partial charge in [-0.15, -0.1) is 0 Å². The highest BCUT2D eigenvalue weighted by Gasteiger charge is 2.34. The van der Waals surface area contributed by atoms with Gasteiger partial charge in [-0.05, 0) is 23.8 Å². The van der Waals surface area contributed by atoms with Gasteiger partial charge in [-0.2, -0.15) is 13.2 Å². The molecule has 2 aromatic rings. The number of nitrogens with zero attached hydrogens (tertiary/aromatic N) is 1. The average molecular weight is 400 g/mol. The van der Waals surface area contributed by atoms with Gasteiger partial charge < -0.3 is 9.64 Å². The zero-order valence-electron chi connectivity index (χ0n) is 12.4. The van der Waals surface area contributed by atoms with Crippen molar-refractivity contribution in [3.63, 3.8) is 0 Å². The van der Waals surface area contributed by atoms with Crippen molar-refractivity contribution in [2.75, 3.05) is 6.61 Å². The molecule has 7 heteroatoms. The number of benzene rings is 2. The van der Waals surface area contributed by atoms with E-state index < -0.39 is 18.0 Å². The molecule has 1 amide bonds. The number of rotatable bonds is 3. The topological polar surface area (TPSA) is 29.5 Å². The van der Waals surface area contributed by atoms with Crippen molar-refractivity contribution in [2.24, 2.45) is 0 Å². The first-order valence-electron chi connectivity index (χ1n) is 7.18. The van der Waals surface area contributed by atoms with E-state index in [1.807, 2.05) is 24.3 Å². The number of hydrogen-bond acceptors (Lipinski definition) is 2. The van der Waals surface area contributed by atoms with Gasteiger partial charge in [-0.3, -0.25) is 4.79 Å². The van der Waals surface area contributed by atoms with Crippen LogP contribution in [0.25, 0.3) is 0 Å². The van der Waals surface area contributed by atoms with Crippen LogP contribution in [0.3, 0.4) is 0 Å². The lowest BCUT2D eigenvalue weighted by Gasteiger charge is -2.24. The molecule has 0 radical (unpaired) electrons. The highest BCUT2D eigenvalue weighted by molar-refractivity contribution is 9.10. The molecule has 1 fully saturated rings. The first-order valence-corrected chi connectivity index (χ1v) is 7.97. The van der Waals surface area contributed by atoms with Crippen molar-refractivity contribution in [2.45, 2.75) is 18.9 Å². The summed E-state index contributed by atoms with van der Waals surface area (Å²) in [5, 5.41) is 0. The van der Waals surface area contributed by atoms with Crippen LogP contribution in [0.1, 0.15) is 22.9 Å². The molecular weight excluding hydrogens is 387 g/mol. The third kappa shape index (κ3) is 3.47. The highest BCUT2D eigenvalue weighted by atomic mass is 79.9. The monoisotopic (exact) mass is 399 g/mol. The summed E-state index contributed by atoms with van der Waals surface area (Å²) < 4.78 is 44.2. The van der Waals surface area contributed by atoms with Crippen molar-refractivity contribution >= 4 is 21.8 Å². The van der Waals surface area contributed by atoms with E-state index in [0.29, 0.717) is 5.56 Å². The third-order valence-electron chi connectivity index (χ3n) is 3.77. The number of halogens is 4. The molecule has 0 aliphatic carbocycles. The number of ether oxygens (including phenoxy) is 1. The van der Waals surface area contributed by atoms with Gasteiger partial charge in [-0.25, -0.2) is 0 Å². The summed E-state index contributed by atoms with van der Waals surface area (Å²) >= 11 is 3.43. The molecule has 3 nitrogen and oxygen atoms in total. The molecule has 24 heavy (non-hydrogen) atoms. The zero-order chi connectivity index (χ0) is 17.3. The number of hydrogen-bond donors (Lipinski definition) is 0. The Balaban J connectivity index is 1.82. The minimum absolute atomic E-state index is 0.0490. The van der Waals surface area contributed by atoms with E-state index in [0.717, 1.165) is 22.2 Å². The maximum Gasteiger partial charge on any atom is 0.416 e. The summed E-state index contributed by atoms with van der Waals surface area (Å²) in [4.78, 5) is 13.6. The van der Waals surface area contributed by atoms with E-state index in [-0.39, 0.29) is 19.1 Å². The van der Waals surface area contributed by atoms with Crippen LogP contribution in [0.5, 0.6) is 0 Å². The lowest BCUT2D eigenvalue weighted by molar-refractivity contribution is -0.137. The first kappa shape index (κ1) is 17.0. The van der Waals surface area contributed by atoms with Gasteiger partial charge in [0.1, 0.15) is 6.61 Å². The van der Waals surface area contributed by atoms with Gasteiger partial charge in [0.15, 0.2) is 6.23 Å². The van der Waals surface area contributed by atoms with Crippen molar-refractivity contribution in [3.05, 3.63) is 69.7 Å². The summed E-state index contributed by atoms with van der Waals surface area (Å²) in [5.41, 5.74) is 0.701. The molecule has 126 valence electrons. The number of carbonyl (C=O) groups is 1. The predicted molar refractivity (Wildman–Crippen MR) is 84.8 cm³/mol. The molecule has 0 bridgehead atoms. The standard InChI is InChI=1S/C17H13BrF3NO2/c18-14-4-2-1-3-13(14)16-22(15(23)10-24-16)9-11-5-7-12(8-6-11)17(19,20)21/h1-8,16H,9-10H2. The van der Waals surface area contributed by atoms with Crippen LogP contribution in [0, 0.1) is 0 Å². The van der Waals surface area contributed by atoms with E-state index >= 15 is 0 Å². The van der Waals surface area contributed by atoms with Crippen LogP contribution >= 0.6 is 15.9 Å². The quantitative estimate of drug-likeness (QED) is 0.758. The summed E-state index contributed by atoms with van der Waals surface area (Å²) in [5.74, 6) is -0.198. The van der Waals surface area contributed by atoms with Crippen LogP contribution in [0.2, 0.25) is 0 Å². The predicted octanol–water partition coefficient (Wildman–Crippen LogP) is 4.53. The van der Waals surface area contributed by atoms with Gasteiger partial charge in [-0.1, -0.05) is 46.3 Å². The number of alkyl halides is 3. The second kappa shape index (κ2) is 6.57. The third-order valence-corrected chi connectivity index (χ3v) is 4.50. The molecule has 1 saturated heterocycles. The van der Waals surface area contributed by atoms with E-state index in [1.54, 1.807) is 0 Å². The molecule has 2 aromatic carbocycles. The first-order chi connectivity index (χ1) is 11.4. The van der Waals surface area contributed by atoms with E-state index in [4.69, 9.17) is 4.74 Å². The average Bonchev–Trinajstić information content (AvgIpc) is 2.89. The Hall–Kier alpha value is -1.86. The van der Waals surface area contributed by atoms with Crippen molar-refractivity contribution < 1.29 is 22.7 Å². The summed E-state index contributed by atoms with van der Waals surface area (Å²) in [6, 6.07) is 12.2. The minimum Gasteiger partial charge on any atom is -0.344 e. The van der Waals surface area contributed by atoms with Crippen molar-refractivity contribution in [3.8, 4) is 0 Å². The summed E-state index contributed by atoms with van der Waals surface area (Å²) in [6.07, 6.45) is -4.93. The van der Waals surface area contributed by atoms with Crippen molar-refractivity contribution in [1.82, 2.24) is 4.90 Å². The maximum atomic E-state index is 12.6. The van der Waals surface area contributed by atoms with Gasteiger partial charge in [0.05, 0.1) is 5.56 Å². The van der Waals surface area contributed by atoms with Crippen molar-refractivity contribution in [1.29, 1.82) is 0 Å². The largest absolute Gasteiger partial charge is 0.416 e. The van der Waals surface area contributed by atoms with E-state index in [1.165, 1.54) is 17.0 Å². The smallest absolute Gasteiger partial charge is 0.344 e. The molecular formula is C17H13BrF3NO2. The molecule has 1 unspecified atom stereocenters. The Bertz CT molecular complexity index is 746. The second-order valence-corrected chi connectivity index (χ2v) is 6.26. The fourth-order valence-electron chi connectivity index (χ4n) is 2.55. The molecule has 1 aliphatic heterocycles. The van der Waals surface area contributed by atoms with Gasteiger partial charge in [0.25, 0.3) is 5.91 Å². The van der Waals surface area contributed by atoms with Gasteiger partial charge in [0.2, 0.25) is 0 Å². The second-order valence-electron chi connectivity index (χ2n) is 5.40. The number of amides is 1. The summed E-state index contributed by atoms with van der Waals surface area (Å²) in [6.45, 7) is 0.135. The van der Waals surface area contributed by atoms with Gasteiger partial charge >= 0.3 is 6.18 Å². The van der Waals surface area contributed by atoms with E-state index in [9.17, 15) is 18.0 Å². The Morgan fingerprint density at radius 2 is 1.79 bits per heavy atom. The lowest BCUT2D eigenvalue weighted by atomic mass is 10.1.